The second-order valence-electron chi connectivity index (χ2n) is 4.31. The van der Waals surface area contributed by atoms with Gasteiger partial charge in [0.15, 0.2) is 0 Å². The maximum absolute atomic E-state index is 5.11. The quantitative estimate of drug-likeness (QED) is 0.815. The van der Waals surface area contributed by atoms with E-state index in [1.165, 1.54) is 5.56 Å². The first-order valence-corrected chi connectivity index (χ1v) is 5.40. The fourth-order valence-electron chi connectivity index (χ4n) is 1.44. The Balaban J connectivity index is 1.92. The highest BCUT2D eigenvalue weighted by Gasteiger charge is 2.17. The molecule has 1 aliphatic heterocycles. The molecule has 0 aliphatic carbocycles. The van der Waals surface area contributed by atoms with Crippen LogP contribution in [0.4, 0.5) is 5.82 Å². The predicted molar refractivity (Wildman–Crippen MR) is 58.9 cm³/mol. The number of hydrogen-bond donors (Lipinski definition) is 1. The van der Waals surface area contributed by atoms with Crippen LogP contribution in [0.2, 0.25) is 0 Å². The lowest BCUT2D eigenvalue weighted by Gasteiger charge is -2.26. The van der Waals surface area contributed by atoms with Gasteiger partial charge in [0.2, 0.25) is 0 Å². The molecule has 0 unspecified atom stereocenters. The molecule has 0 atom stereocenters. The Morgan fingerprint density at radius 3 is 2.93 bits per heavy atom. The van der Waals surface area contributed by atoms with Crippen molar-refractivity contribution in [3.63, 3.8) is 0 Å². The molecule has 1 aromatic rings. The van der Waals surface area contributed by atoms with E-state index in [0.717, 1.165) is 25.6 Å². The highest BCUT2D eigenvalue weighted by Crippen LogP contribution is 2.16. The zero-order chi connectivity index (χ0) is 10.7. The van der Waals surface area contributed by atoms with E-state index in [9.17, 15) is 0 Å². The molecule has 0 aromatic carbocycles. The molecule has 2 heterocycles. The third-order valence-corrected chi connectivity index (χ3v) is 2.62. The lowest BCUT2D eigenvalue weighted by molar-refractivity contribution is -0.0248. The lowest BCUT2D eigenvalue weighted by Crippen LogP contribution is -2.33. The third kappa shape index (κ3) is 2.65. The molecule has 1 N–H and O–H groups in total. The molecule has 0 bridgehead atoms. The zero-order valence-electron chi connectivity index (χ0n) is 9.23. The molecule has 1 aromatic heterocycles. The summed E-state index contributed by atoms with van der Waals surface area (Å²) in [5.74, 6) is 2.00. The standard InChI is InChI=1S/C11H17N3O/c1-8(2)10-3-11(14-13-5-10)12-4-9-6-15-7-9/h3,5,8-9H,4,6-7H2,1-2H3,(H,12,14). The average molecular weight is 207 g/mol. The van der Waals surface area contributed by atoms with Gasteiger partial charge >= 0.3 is 0 Å². The van der Waals surface area contributed by atoms with Gasteiger partial charge in [0.25, 0.3) is 0 Å². The summed E-state index contributed by atoms with van der Waals surface area (Å²) in [6, 6.07) is 2.07. The van der Waals surface area contributed by atoms with Crippen LogP contribution in [0.25, 0.3) is 0 Å². The van der Waals surface area contributed by atoms with Crippen molar-refractivity contribution in [3.8, 4) is 0 Å². The predicted octanol–water partition coefficient (Wildman–Crippen LogP) is 1.66. The summed E-state index contributed by atoms with van der Waals surface area (Å²) in [4.78, 5) is 0. The molecular weight excluding hydrogens is 190 g/mol. The van der Waals surface area contributed by atoms with E-state index in [1.807, 2.05) is 6.20 Å². The van der Waals surface area contributed by atoms with E-state index in [1.54, 1.807) is 0 Å². The Hall–Kier alpha value is -1.16. The van der Waals surface area contributed by atoms with E-state index in [-0.39, 0.29) is 0 Å². The molecule has 0 saturated carbocycles. The first-order chi connectivity index (χ1) is 7.25. The normalized spacial score (nSPS) is 16.5. The summed E-state index contributed by atoms with van der Waals surface area (Å²) < 4.78 is 5.11. The zero-order valence-corrected chi connectivity index (χ0v) is 9.23. The Bertz CT molecular complexity index is 323. The van der Waals surface area contributed by atoms with Crippen molar-refractivity contribution in [1.82, 2.24) is 10.2 Å². The van der Waals surface area contributed by atoms with Crippen LogP contribution in [0, 0.1) is 5.92 Å². The van der Waals surface area contributed by atoms with Crippen molar-refractivity contribution in [2.75, 3.05) is 25.1 Å². The van der Waals surface area contributed by atoms with Crippen molar-refractivity contribution >= 4 is 5.82 Å². The van der Waals surface area contributed by atoms with Crippen LogP contribution >= 0.6 is 0 Å². The first kappa shape index (κ1) is 10.4. The van der Waals surface area contributed by atoms with Crippen LogP contribution in [0.15, 0.2) is 12.3 Å². The van der Waals surface area contributed by atoms with E-state index >= 15 is 0 Å². The van der Waals surface area contributed by atoms with Gasteiger partial charge in [-0.25, -0.2) is 0 Å². The van der Waals surface area contributed by atoms with E-state index in [0.29, 0.717) is 11.8 Å². The van der Waals surface area contributed by atoms with E-state index in [2.05, 4.69) is 35.4 Å². The van der Waals surface area contributed by atoms with Crippen LogP contribution in [0.5, 0.6) is 0 Å². The number of aromatic nitrogens is 2. The second kappa shape index (κ2) is 4.57. The molecule has 4 heteroatoms. The van der Waals surface area contributed by atoms with Crippen LogP contribution in [-0.4, -0.2) is 30.0 Å². The third-order valence-electron chi connectivity index (χ3n) is 2.62. The number of nitrogens with zero attached hydrogens (tertiary/aromatic N) is 2. The molecule has 1 saturated heterocycles. The van der Waals surface area contributed by atoms with Crippen LogP contribution in [0.3, 0.4) is 0 Å². The van der Waals surface area contributed by atoms with Gasteiger partial charge in [-0.05, 0) is 17.5 Å². The van der Waals surface area contributed by atoms with Gasteiger partial charge in [0.1, 0.15) is 5.82 Å². The smallest absolute Gasteiger partial charge is 0.148 e. The summed E-state index contributed by atoms with van der Waals surface area (Å²) >= 11 is 0. The minimum Gasteiger partial charge on any atom is -0.381 e. The molecule has 0 radical (unpaired) electrons. The fourth-order valence-corrected chi connectivity index (χ4v) is 1.44. The van der Waals surface area contributed by atoms with Gasteiger partial charge in [-0.15, -0.1) is 5.10 Å². The van der Waals surface area contributed by atoms with Crippen molar-refractivity contribution in [3.05, 3.63) is 17.8 Å². The SMILES string of the molecule is CC(C)c1cnnc(NCC2COC2)c1. The summed E-state index contributed by atoms with van der Waals surface area (Å²) in [7, 11) is 0. The van der Waals surface area contributed by atoms with E-state index < -0.39 is 0 Å². The molecule has 1 fully saturated rings. The number of ether oxygens (including phenoxy) is 1. The van der Waals surface area contributed by atoms with Gasteiger partial charge in [0, 0.05) is 12.5 Å². The largest absolute Gasteiger partial charge is 0.381 e. The summed E-state index contributed by atoms with van der Waals surface area (Å²) in [5, 5.41) is 11.3. The maximum atomic E-state index is 5.11. The lowest BCUT2D eigenvalue weighted by atomic mass is 10.1. The van der Waals surface area contributed by atoms with Crippen LogP contribution < -0.4 is 5.32 Å². The molecule has 2 rings (SSSR count). The van der Waals surface area contributed by atoms with Crippen molar-refractivity contribution in [1.29, 1.82) is 0 Å². The highest BCUT2D eigenvalue weighted by molar-refractivity contribution is 5.36. The topological polar surface area (TPSA) is 47.0 Å². The molecule has 82 valence electrons. The second-order valence-corrected chi connectivity index (χ2v) is 4.31. The molecule has 1 aliphatic rings. The minimum absolute atomic E-state index is 0.494. The molecule has 0 spiro atoms. The molecule has 0 amide bonds. The number of hydrogen-bond acceptors (Lipinski definition) is 4. The number of nitrogens with one attached hydrogen (secondary N) is 1. The van der Waals surface area contributed by atoms with E-state index in [4.69, 9.17) is 4.74 Å². The monoisotopic (exact) mass is 207 g/mol. The molecule has 4 nitrogen and oxygen atoms in total. The average Bonchev–Trinajstić information content (AvgIpc) is 2.16. The van der Waals surface area contributed by atoms with Gasteiger partial charge in [-0.2, -0.15) is 5.10 Å². The molecule has 15 heavy (non-hydrogen) atoms. The Labute approximate surface area is 90.1 Å². The Morgan fingerprint density at radius 2 is 2.33 bits per heavy atom. The van der Waals surface area contributed by atoms with Gasteiger partial charge in [0.05, 0.1) is 19.4 Å². The Morgan fingerprint density at radius 1 is 1.53 bits per heavy atom. The molecular formula is C11H17N3O. The number of rotatable bonds is 4. The van der Waals surface area contributed by atoms with Crippen molar-refractivity contribution < 1.29 is 4.74 Å². The summed E-state index contributed by atoms with van der Waals surface area (Å²) in [5.41, 5.74) is 1.22. The fraction of sp³-hybridized carbons (Fsp3) is 0.636. The van der Waals surface area contributed by atoms with Crippen LogP contribution in [0.1, 0.15) is 25.3 Å². The van der Waals surface area contributed by atoms with Gasteiger partial charge < -0.3 is 10.1 Å². The highest BCUT2D eigenvalue weighted by atomic mass is 16.5. The van der Waals surface area contributed by atoms with Crippen molar-refractivity contribution in [2.45, 2.75) is 19.8 Å². The van der Waals surface area contributed by atoms with Gasteiger partial charge in [-0.1, -0.05) is 13.8 Å². The minimum atomic E-state index is 0.494. The van der Waals surface area contributed by atoms with Crippen molar-refractivity contribution in [2.24, 2.45) is 5.92 Å². The first-order valence-electron chi connectivity index (χ1n) is 5.40. The number of anilines is 1. The van der Waals surface area contributed by atoms with Crippen LogP contribution in [-0.2, 0) is 4.74 Å². The van der Waals surface area contributed by atoms with Gasteiger partial charge in [-0.3, -0.25) is 0 Å². The summed E-state index contributed by atoms with van der Waals surface area (Å²) in [6.07, 6.45) is 1.82. The Kier molecular flexibility index (Phi) is 3.16. The summed E-state index contributed by atoms with van der Waals surface area (Å²) in [6.45, 7) is 6.96. The maximum Gasteiger partial charge on any atom is 0.148 e.